The average Bonchev–Trinajstić information content (AvgIpc) is 2.46. The van der Waals surface area contributed by atoms with Gasteiger partial charge in [-0.05, 0) is 35.7 Å². The van der Waals surface area contributed by atoms with Crippen molar-refractivity contribution in [3.63, 3.8) is 0 Å². The number of aromatic nitrogens is 2. The number of carbonyl (C=O) groups excluding carboxylic acids is 1. The summed E-state index contributed by atoms with van der Waals surface area (Å²) in [6.45, 7) is 4.60. The lowest BCUT2D eigenvalue weighted by molar-refractivity contribution is -0.121. The van der Waals surface area contributed by atoms with Gasteiger partial charge in [0.1, 0.15) is 0 Å². The second-order valence-corrected chi connectivity index (χ2v) is 5.17. The molecule has 0 saturated heterocycles. The van der Waals surface area contributed by atoms with Gasteiger partial charge in [0.25, 0.3) is 0 Å². The van der Waals surface area contributed by atoms with E-state index in [1.807, 2.05) is 38.1 Å². The van der Waals surface area contributed by atoms with Gasteiger partial charge in [-0.25, -0.2) is 0 Å². The molecule has 0 unspecified atom stereocenters. The Hall–Kier alpha value is -2.23. The van der Waals surface area contributed by atoms with Gasteiger partial charge >= 0.3 is 0 Å². The molecular weight excluding hydrogens is 250 g/mol. The molecule has 0 aliphatic rings. The molecule has 4 heteroatoms. The lowest BCUT2D eigenvalue weighted by atomic mass is 10.1. The minimum absolute atomic E-state index is 0.0831. The van der Waals surface area contributed by atoms with E-state index >= 15 is 0 Å². The summed E-state index contributed by atoms with van der Waals surface area (Å²) in [5.74, 6) is 0.457. The van der Waals surface area contributed by atoms with Gasteiger partial charge in [0.15, 0.2) is 0 Å². The Morgan fingerprint density at radius 2 is 2.15 bits per heavy atom. The van der Waals surface area contributed by atoms with Gasteiger partial charge in [0, 0.05) is 37.1 Å². The molecule has 2 heterocycles. The summed E-state index contributed by atoms with van der Waals surface area (Å²) in [5.41, 5.74) is 2.88. The second-order valence-electron chi connectivity index (χ2n) is 5.17. The lowest BCUT2D eigenvalue weighted by Gasteiger charge is -2.08. The normalized spacial score (nSPS) is 10.6. The minimum atomic E-state index is 0.0831. The summed E-state index contributed by atoms with van der Waals surface area (Å²) >= 11 is 0. The molecule has 2 aromatic rings. The van der Waals surface area contributed by atoms with Crippen molar-refractivity contribution in [2.75, 3.05) is 0 Å². The maximum atomic E-state index is 11.6. The van der Waals surface area contributed by atoms with Crippen LogP contribution in [0.4, 0.5) is 0 Å². The van der Waals surface area contributed by atoms with Crippen LogP contribution in [-0.2, 0) is 11.3 Å². The highest BCUT2D eigenvalue weighted by molar-refractivity contribution is 5.76. The molecular formula is C16H19N3O. The average molecular weight is 269 g/mol. The first-order valence-corrected chi connectivity index (χ1v) is 6.77. The molecule has 2 aromatic heterocycles. The number of rotatable bonds is 5. The number of amides is 1. The van der Waals surface area contributed by atoms with Crippen LogP contribution in [0.25, 0.3) is 11.3 Å². The Morgan fingerprint density at radius 3 is 2.85 bits per heavy atom. The SMILES string of the molecule is CC(C)CC(=O)NCc1ccnc(-c2cccnc2)c1. The number of pyridine rings is 2. The third kappa shape index (κ3) is 4.16. The number of hydrogen-bond acceptors (Lipinski definition) is 3. The van der Waals surface area contributed by atoms with Crippen molar-refractivity contribution in [1.82, 2.24) is 15.3 Å². The van der Waals surface area contributed by atoms with Crippen LogP contribution in [0, 0.1) is 5.92 Å². The van der Waals surface area contributed by atoms with Gasteiger partial charge in [0.2, 0.25) is 5.91 Å². The first-order chi connectivity index (χ1) is 9.65. The largest absolute Gasteiger partial charge is 0.352 e. The molecule has 0 aromatic carbocycles. The summed E-state index contributed by atoms with van der Waals surface area (Å²) < 4.78 is 0. The van der Waals surface area contributed by atoms with Crippen LogP contribution in [-0.4, -0.2) is 15.9 Å². The molecule has 0 radical (unpaired) electrons. The molecule has 2 rings (SSSR count). The Bertz CT molecular complexity index is 567. The topological polar surface area (TPSA) is 54.9 Å². The highest BCUT2D eigenvalue weighted by Gasteiger charge is 2.05. The van der Waals surface area contributed by atoms with Crippen molar-refractivity contribution >= 4 is 5.91 Å². The fraction of sp³-hybridized carbons (Fsp3) is 0.312. The van der Waals surface area contributed by atoms with Crippen molar-refractivity contribution in [3.8, 4) is 11.3 Å². The van der Waals surface area contributed by atoms with Crippen molar-refractivity contribution < 1.29 is 4.79 Å². The molecule has 1 N–H and O–H groups in total. The van der Waals surface area contributed by atoms with E-state index in [9.17, 15) is 4.79 Å². The summed E-state index contributed by atoms with van der Waals surface area (Å²) in [4.78, 5) is 20.1. The molecule has 0 spiro atoms. The van der Waals surface area contributed by atoms with E-state index in [1.54, 1.807) is 18.6 Å². The number of hydrogen-bond donors (Lipinski definition) is 1. The summed E-state index contributed by atoms with van der Waals surface area (Å²) in [5, 5.41) is 2.93. The number of carbonyl (C=O) groups is 1. The lowest BCUT2D eigenvalue weighted by Crippen LogP contribution is -2.23. The van der Waals surface area contributed by atoms with Crippen molar-refractivity contribution in [1.29, 1.82) is 0 Å². The first-order valence-electron chi connectivity index (χ1n) is 6.77. The Kier molecular flexibility index (Phi) is 4.82. The van der Waals surface area contributed by atoms with Crippen LogP contribution in [0.3, 0.4) is 0 Å². The maximum Gasteiger partial charge on any atom is 0.220 e. The predicted octanol–water partition coefficient (Wildman–Crippen LogP) is 2.81. The van der Waals surface area contributed by atoms with Gasteiger partial charge in [-0.2, -0.15) is 0 Å². The van der Waals surface area contributed by atoms with E-state index in [0.29, 0.717) is 18.9 Å². The highest BCUT2D eigenvalue weighted by atomic mass is 16.1. The van der Waals surface area contributed by atoms with Crippen LogP contribution >= 0.6 is 0 Å². The zero-order chi connectivity index (χ0) is 14.4. The standard InChI is InChI=1S/C16H19N3O/c1-12(2)8-16(20)19-10-13-5-7-18-15(9-13)14-4-3-6-17-11-14/h3-7,9,11-12H,8,10H2,1-2H3,(H,19,20). The molecule has 104 valence electrons. The van der Waals surface area contributed by atoms with Crippen LogP contribution in [0.5, 0.6) is 0 Å². The maximum absolute atomic E-state index is 11.6. The van der Waals surface area contributed by atoms with E-state index in [1.165, 1.54) is 0 Å². The monoisotopic (exact) mass is 269 g/mol. The van der Waals surface area contributed by atoms with Gasteiger partial charge < -0.3 is 5.32 Å². The van der Waals surface area contributed by atoms with Crippen LogP contribution < -0.4 is 5.32 Å². The summed E-state index contributed by atoms with van der Waals surface area (Å²) in [6, 6.07) is 7.74. The molecule has 20 heavy (non-hydrogen) atoms. The Balaban J connectivity index is 2.02. The van der Waals surface area contributed by atoms with Crippen LogP contribution in [0.1, 0.15) is 25.8 Å². The molecule has 4 nitrogen and oxygen atoms in total. The fourth-order valence-electron chi connectivity index (χ4n) is 1.90. The summed E-state index contributed by atoms with van der Waals surface area (Å²) in [6.07, 6.45) is 5.83. The minimum Gasteiger partial charge on any atom is -0.352 e. The third-order valence-corrected chi connectivity index (χ3v) is 2.86. The van der Waals surface area contributed by atoms with E-state index in [4.69, 9.17) is 0 Å². The van der Waals surface area contributed by atoms with Crippen molar-refractivity contribution in [2.45, 2.75) is 26.8 Å². The van der Waals surface area contributed by atoms with E-state index in [-0.39, 0.29) is 5.91 Å². The van der Waals surface area contributed by atoms with Gasteiger partial charge in [-0.15, -0.1) is 0 Å². The molecule has 0 fully saturated rings. The zero-order valence-electron chi connectivity index (χ0n) is 11.8. The summed E-state index contributed by atoms with van der Waals surface area (Å²) in [7, 11) is 0. The fourth-order valence-corrected chi connectivity index (χ4v) is 1.90. The Morgan fingerprint density at radius 1 is 1.30 bits per heavy atom. The highest BCUT2D eigenvalue weighted by Crippen LogP contribution is 2.16. The van der Waals surface area contributed by atoms with Crippen molar-refractivity contribution in [2.24, 2.45) is 5.92 Å². The molecule has 0 saturated carbocycles. The number of nitrogens with one attached hydrogen (secondary N) is 1. The molecule has 0 aliphatic heterocycles. The van der Waals surface area contributed by atoms with E-state index < -0.39 is 0 Å². The van der Waals surface area contributed by atoms with Crippen LogP contribution in [0.2, 0.25) is 0 Å². The molecule has 0 aliphatic carbocycles. The van der Waals surface area contributed by atoms with Crippen molar-refractivity contribution in [3.05, 3.63) is 48.4 Å². The third-order valence-electron chi connectivity index (χ3n) is 2.86. The molecule has 1 amide bonds. The Labute approximate surface area is 119 Å². The van der Waals surface area contributed by atoms with Gasteiger partial charge in [-0.3, -0.25) is 14.8 Å². The van der Waals surface area contributed by atoms with Gasteiger partial charge in [-0.1, -0.05) is 13.8 Å². The predicted molar refractivity (Wildman–Crippen MR) is 78.8 cm³/mol. The smallest absolute Gasteiger partial charge is 0.220 e. The molecule has 0 bridgehead atoms. The van der Waals surface area contributed by atoms with Crippen LogP contribution in [0.15, 0.2) is 42.9 Å². The zero-order valence-corrected chi connectivity index (χ0v) is 11.8. The second kappa shape index (κ2) is 6.80. The van der Waals surface area contributed by atoms with E-state index in [2.05, 4.69) is 15.3 Å². The van der Waals surface area contributed by atoms with E-state index in [0.717, 1.165) is 16.8 Å². The number of nitrogens with zero attached hydrogens (tertiary/aromatic N) is 2. The van der Waals surface area contributed by atoms with Gasteiger partial charge in [0.05, 0.1) is 5.69 Å². The molecule has 0 atom stereocenters. The quantitative estimate of drug-likeness (QED) is 0.908. The first kappa shape index (κ1) is 14.2.